The molecule has 6 nitrogen and oxygen atoms in total. The molecule has 0 aliphatic carbocycles. The van der Waals surface area contributed by atoms with Crippen molar-refractivity contribution in [2.45, 2.75) is 30.8 Å². The van der Waals surface area contributed by atoms with E-state index in [0.29, 0.717) is 11.3 Å². The van der Waals surface area contributed by atoms with E-state index in [2.05, 4.69) is 27.0 Å². The molecule has 0 unspecified atom stereocenters. The molecule has 0 bridgehead atoms. The molecule has 0 aliphatic rings. The molecule has 0 amide bonds. The molecule has 0 saturated carbocycles. The highest BCUT2D eigenvalue weighted by Crippen LogP contribution is 2.28. The van der Waals surface area contributed by atoms with Crippen LogP contribution < -0.4 is 4.74 Å². The summed E-state index contributed by atoms with van der Waals surface area (Å²) in [5, 5.41) is 14.8. The summed E-state index contributed by atoms with van der Waals surface area (Å²) in [7, 11) is 1.63. The topological polar surface area (TPSA) is 69.9 Å². The van der Waals surface area contributed by atoms with Crippen molar-refractivity contribution in [1.29, 1.82) is 0 Å². The number of Topliss-reactive ketones (excluding diaryl/α,β-unsaturated/α-hetero) is 1. The minimum absolute atomic E-state index is 0.0367. The Kier molecular flexibility index (Phi) is 5.83. The number of benzene rings is 1. The Morgan fingerprint density at radius 3 is 2.96 bits per heavy atom. The lowest BCUT2D eigenvalue weighted by atomic mass is 10.1. The Morgan fingerprint density at radius 2 is 2.24 bits per heavy atom. The number of methoxy groups -OCH3 is 1. The van der Waals surface area contributed by atoms with E-state index >= 15 is 0 Å². The number of hydrogen-bond acceptors (Lipinski definition) is 7. The summed E-state index contributed by atoms with van der Waals surface area (Å²) in [6, 6.07) is 9.63. The van der Waals surface area contributed by atoms with E-state index < -0.39 is 0 Å². The molecule has 0 saturated heterocycles. The van der Waals surface area contributed by atoms with E-state index in [1.54, 1.807) is 31.4 Å². The van der Waals surface area contributed by atoms with Gasteiger partial charge in [0.2, 0.25) is 5.16 Å². The van der Waals surface area contributed by atoms with Crippen molar-refractivity contribution < 1.29 is 9.53 Å². The lowest BCUT2D eigenvalue weighted by Crippen LogP contribution is -2.05. The Hall–Kier alpha value is -2.19. The van der Waals surface area contributed by atoms with Crippen LogP contribution in [0.3, 0.4) is 0 Å². The number of nitrogens with zero attached hydrogens (tertiary/aromatic N) is 4. The minimum atomic E-state index is 0.0367. The van der Waals surface area contributed by atoms with Gasteiger partial charge in [0.15, 0.2) is 5.78 Å². The normalized spacial score (nSPS) is 10.8. The van der Waals surface area contributed by atoms with Gasteiger partial charge in [-0.05, 0) is 47.0 Å². The van der Waals surface area contributed by atoms with Crippen LogP contribution in [0.2, 0.25) is 0 Å². The van der Waals surface area contributed by atoms with Crippen molar-refractivity contribution in [2.24, 2.45) is 0 Å². The van der Waals surface area contributed by atoms with Gasteiger partial charge in [0.1, 0.15) is 5.75 Å². The van der Waals surface area contributed by atoms with E-state index in [9.17, 15) is 4.79 Å². The maximum atomic E-state index is 11.6. The fraction of sp³-hybridized carbons (Fsp3) is 0.294. The SMILES string of the molecule is COc1ccc(C(C)=O)cc1CSc1nnnn1CCc1cccs1. The first-order valence-electron chi connectivity index (χ1n) is 7.76. The maximum absolute atomic E-state index is 11.6. The van der Waals surface area contributed by atoms with Crippen LogP contribution in [0.5, 0.6) is 5.75 Å². The Balaban J connectivity index is 1.68. The van der Waals surface area contributed by atoms with Crippen molar-refractivity contribution in [3.05, 3.63) is 51.7 Å². The predicted molar refractivity (Wildman–Crippen MR) is 98.4 cm³/mol. The summed E-state index contributed by atoms with van der Waals surface area (Å²) in [4.78, 5) is 12.9. The average Bonchev–Trinajstić information content (AvgIpc) is 3.29. The predicted octanol–water partition coefficient (Wildman–Crippen LogP) is 3.48. The largest absolute Gasteiger partial charge is 0.496 e. The third kappa shape index (κ3) is 4.46. The van der Waals surface area contributed by atoms with E-state index in [-0.39, 0.29) is 5.78 Å². The lowest BCUT2D eigenvalue weighted by Gasteiger charge is -2.09. The lowest BCUT2D eigenvalue weighted by molar-refractivity contribution is 0.101. The Bertz CT molecular complexity index is 846. The number of ketones is 1. The molecule has 8 heteroatoms. The van der Waals surface area contributed by atoms with Crippen LogP contribution in [0.4, 0.5) is 0 Å². The number of hydrogen-bond donors (Lipinski definition) is 0. The summed E-state index contributed by atoms with van der Waals surface area (Å²) < 4.78 is 7.21. The Labute approximate surface area is 154 Å². The molecular weight excluding hydrogens is 356 g/mol. The minimum Gasteiger partial charge on any atom is -0.496 e. The summed E-state index contributed by atoms with van der Waals surface area (Å²) in [5.41, 5.74) is 1.63. The molecule has 0 radical (unpaired) electrons. The van der Waals surface area contributed by atoms with Crippen LogP contribution in [-0.4, -0.2) is 33.1 Å². The molecule has 3 rings (SSSR count). The molecule has 130 valence electrons. The van der Waals surface area contributed by atoms with Crippen molar-refractivity contribution in [3.63, 3.8) is 0 Å². The molecule has 0 atom stereocenters. The third-order valence-electron chi connectivity index (χ3n) is 3.69. The number of thioether (sulfide) groups is 1. The number of thiophene rings is 1. The van der Waals surface area contributed by atoms with Gasteiger partial charge in [0.25, 0.3) is 0 Å². The molecular formula is C17H18N4O2S2. The highest BCUT2D eigenvalue weighted by atomic mass is 32.2. The number of carbonyl (C=O) groups excluding carboxylic acids is 1. The number of aromatic nitrogens is 4. The van der Waals surface area contributed by atoms with E-state index in [0.717, 1.165) is 29.4 Å². The van der Waals surface area contributed by atoms with Crippen molar-refractivity contribution in [3.8, 4) is 5.75 Å². The highest BCUT2D eigenvalue weighted by molar-refractivity contribution is 7.98. The smallest absolute Gasteiger partial charge is 0.209 e. The zero-order valence-electron chi connectivity index (χ0n) is 14.0. The van der Waals surface area contributed by atoms with E-state index in [1.165, 1.54) is 16.6 Å². The summed E-state index contributed by atoms with van der Waals surface area (Å²) in [5.74, 6) is 1.42. The Morgan fingerprint density at radius 1 is 1.36 bits per heavy atom. The van der Waals surface area contributed by atoms with Gasteiger partial charge in [-0.3, -0.25) is 4.79 Å². The number of tetrazole rings is 1. The number of carbonyl (C=O) groups is 1. The first-order valence-corrected chi connectivity index (χ1v) is 9.63. The van der Waals surface area contributed by atoms with Crippen molar-refractivity contribution >= 4 is 28.9 Å². The zero-order valence-corrected chi connectivity index (χ0v) is 15.6. The molecule has 0 N–H and O–H groups in total. The van der Waals surface area contributed by atoms with Gasteiger partial charge in [-0.15, -0.1) is 16.4 Å². The third-order valence-corrected chi connectivity index (χ3v) is 5.63. The fourth-order valence-electron chi connectivity index (χ4n) is 2.36. The van der Waals surface area contributed by atoms with Crippen LogP contribution >= 0.6 is 23.1 Å². The number of rotatable bonds is 8. The van der Waals surface area contributed by atoms with Gasteiger partial charge in [0.05, 0.1) is 13.7 Å². The van der Waals surface area contributed by atoms with Gasteiger partial charge in [-0.25, -0.2) is 4.68 Å². The second-order valence-corrected chi connectivity index (χ2v) is 7.36. The van der Waals surface area contributed by atoms with Crippen LogP contribution in [0.1, 0.15) is 27.7 Å². The highest BCUT2D eigenvalue weighted by Gasteiger charge is 2.12. The summed E-state index contributed by atoms with van der Waals surface area (Å²) >= 11 is 3.27. The molecule has 2 heterocycles. The molecule has 0 fully saturated rings. The van der Waals surface area contributed by atoms with Crippen molar-refractivity contribution in [1.82, 2.24) is 20.2 Å². The van der Waals surface area contributed by atoms with E-state index in [1.807, 2.05) is 22.9 Å². The quantitative estimate of drug-likeness (QED) is 0.444. The van der Waals surface area contributed by atoms with Crippen LogP contribution in [-0.2, 0) is 18.7 Å². The molecule has 3 aromatic rings. The van der Waals surface area contributed by atoms with E-state index in [4.69, 9.17) is 4.74 Å². The summed E-state index contributed by atoms with van der Waals surface area (Å²) in [6.45, 7) is 2.30. The molecule has 0 aliphatic heterocycles. The maximum Gasteiger partial charge on any atom is 0.209 e. The summed E-state index contributed by atoms with van der Waals surface area (Å²) in [6.07, 6.45) is 0.902. The second-order valence-electron chi connectivity index (χ2n) is 5.39. The van der Waals surface area contributed by atoms with Gasteiger partial charge >= 0.3 is 0 Å². The van der Waals surface area contributed by atoms with Gasteiger partial charge in [-0.1, -0.05) is 17.8 Å². The zero-order chi connectivity index (χ0) is 17.6. The molecule has 2 aromatic heterocycles. The van der Waals surface area contributed by atoms with Crippen molar-refractivity contribution in [2.75, 3.05) is 7.11 Å². The monoisotopic (exact) mass is 374 g/mol. The molecule has 1 aromatic carbocycles. The molecule has 0 spiro atoms. The fourth-order valence-corrected chi connectivity index (χ4v) is 3.94. The number of aryl methyl sites for hydroxylation is 2. The molecule has 25 heavy (non-hydrogen) atoms. The van der Waals surface area contributed by atoms with Gasteiger partial charge in [-0.2, -0.15) is 0 Å². The van der Waals surface area contributed by atoms with Gasteiger partial charge in [0, 0.05) is 28.2 Å². The van der Waals surface area contributed by atoms with Crippen LogP contribution in [0.25, 0.3) is 0 Å². The van der Waals surface area contributed by atoms with Crippen LogP contribution in [0.15, 0.2) is 40.9 Å². The first kappa shape index (κ1) is 17.6. The number of ether oxygens (including phenoxy) is 1. The first-order chi connectivity index (χ1) is 12.2. The van der Waals surface area contributed by atoms with Crippen LogP contribution in [0, 0.1) is 0 Å². The van der Waals surface area contributed by atoms with Gasteiger partial charge < -0.3 is 4.74 Å². The average molecular weight is 374 g/mol. The second kappa shape index (κ2) is 8.26. The standard InChI is InChI=1S/C17H18N4O2S2/c1-12(22)13-5-6-16(23-2)14(10-13)11-25-17-18-19-20-21(17)8-7-15-4-3-9-24-15/h3-6,9-10H,7-8,11H2,1-2H3.